The molecule has 1 fully saturated rings. The number of nitrogens with one attached hydrogen (secondary N) is 1. The van der Waals surface area contributed by atoms with Crippen LogP contribution in [0.15, 0.2) is 54.6 Å². The summed E-state index contributed by atoms with van der Waals surface area (Å²) in [4.78, 5) is 16.8. The number of carbonyl (C=O) groups excluding carboxylic acids is 1. The number of halogens is 1. The molecule has 0 aliphatic carbocycles. The smallest absolute Gasteiger partial charge is 0.323 e. The number of nitrogens with zero attached hydrogens (tertiary/aromatic N) is 1. The molecule has 0 saturated carbocycles. The minimum absolute atomic E-state index is 0.313. The van der Waals surface area contributed by atoms with Crippen LogP contribution in [0, 0.1) is 5.82 Å². The number of carbonyl (C=O) groups is 1. The van der Waals surface area contributed by atoms with Crippen molar-refractivity contribution in [2.24, 2.45) is 0 Å². The van der Waals surface area contributed by atoms with Gasteiger partial charge in [0.15, 0.2) is 5.75 Å². The monoisotopic (exact) mass is 390 g/mol. The Hall–Kier alpha value is -3.25. The van der Waals surface area contributed by atoms with Crippen LogP contribution in [0.2, 0.25) is 0 Å². The Kier molecular flexibility index (Phi) is 4.10. The Morgan fingerprint density at radius 3 is 2.97 bits per heavy atom. The Labute approximate surface area is 167 Å². The maximum Gasteiger partial charge on any atom is 0.323 e. The molecule has 2 aromatic carbocycles. The zero-order valence-electron chi connectivity index (χ0n) is 15.8. The van der Waals surface area contributed by atoms with E-state index in [1.165, 1.54) is 19.2 Å². The van der Waals surface area contributed by atoms with Crippen molar-refractivity contribution in [1.82, 2.24) is 10.3 Å². The normalized spacial score (nSPS) is 22.5. The quantitative estimate of drug-likeness (QED) is 0.676. The van der Waals surface area contributed by atoms with Gasteiger partial charge >= 0.3 is 5.97 Å². The van der Waals surface area contributed by atoms with Gasteiger partial charge in [-0.25, -0.2) is 9.37 Å². The zero-order chi connectivity index (χ0) is 20.0. The van der Waals surface area contributed by atoms with Crippen LogP contribution in [0.25, 0.3) is 28.2 Å². The summed E-state index contributed by atoms with van der Waals surface area (Å²) in [7, 11) is 1.37. The molecule has 6 heteroatoms. The fraction of sp³-hybridized carbons (Fsp3) is 0.217. The van der Waals surface area contributed by atoms with Crippen molar-refractivity contribution in [3.63, 3.8) is 0 Å². The van der Waals surface area contributed by atoms with E-state index in [1.807, 2.05) is 42.5 Å². The first-order valence-electron chi connectivity index (χ1n) is 9.47. The van der Waals surface area contributed by atoms with Crippen molar-refractivity contribution in [3.8, 4) is 17.0 Å². The van der Waals surface area contributed by atoms with Gasteiger partial charge in [-0.2, -0.15) is 0 Å². The number of hydrogen-bond donors (Lipinski definition) is 1. The number of para-hydroxylation sites is 1. The van der Waals surface area contributed by atoms with Crippen LogP contribution in [0.4, 0.5) is 4.39 Å². The Balaban J connectivity index is 1.66. The maximum atomic E-state index is 13.9. The minimum atomic E-state index is -0.682. The van der Waals surface area contributed by atoms with Gasteiger partial charge < -0.3 is 9.47 Å². The second kappa shape index (κ2) is 6.67. The third-order valence-electron chi connectivity index (χ3n) is 5.53. The Bertz CT molecular complexity index is 1160. The van der Waals surface area contributed by atoms with Gasteiger partial charge in [0.1, 0.15) is 23.2 Å². The Morgan fingerprint density at radius 2 is 2.14 bits per heavy atom. The largest absolute Gasteiger partial charge is 0.479 e. The number of pyridine rings is 1. The molecule has 146 valence electrons. The highest BCUT2D eigenvalue weighted by molar-refractivity contribution is 5.95. The van der Waals surface area contributed by atoms with Crippen LogP contribution >= 0.6 is 0 Å². The summed E-state index contributed by atoms with van der Waals surface area (Å²) in [5.41, 5.74) is 2.27. The van der Waals surface area contributed by atoms with E-state index in [9.17, 15) is 9.18 Å². The fourth-order valence-electron chi connectivity index (χ4n) is 4.09. The molecule has 29 heavy (non-hydrogen) atoms. The zero-order valence-corrected chi connectivity index (χ0v) is 15.8. The van der Waals surface area contributed by atoms with E-state index in [0.29, 0.717) is 30.0 Å². The van der Waals surface area contributed by atoms with Crippen molar-refractivity contribution in [3.05, 3.63) is 66.0 Å². The van der Waals surface area contributed by atoms with E-state index in [2.05, 4.69) is 5.32 Å². The van der Waals surface area contributed by atoms with Crippen LogP contribution < -0.4 is 10.1 Å². The third-order valence-corrected chi connectivity index (χ3v) is 5.53. The van der Waals surface area contributed by atoms with Gasteiger partial charge in [0, 0.05) is 29.5 Å². The topological polar surface area (TPSA) is 60.5 Å². The minimum Gasteiger partial charge on any atom is -0.479 e. The number of hydrogen-bond acceptors (Lipinski definition) is 5. The molecular formula is C23H19FN2O3. The van der Waals surface area contributed by atoms with Crippen LogP contribution in [-0.4, -0.2) is 36.3 Å². The van der Waals surface area contributed by atoms with E-state index < -0.39 is 11.6 Å². The molecule has 0 radical (unpaired) electrons. The van der Waals surface area contributed by atoms with Gasteiger partial charge in [-0.3, -0.25) is 10.1 Å². The lowest BCUT2D eigenvalue weighted by Crippen LogP contribution is -2.38. The summed E-state index contributed by atoms with van der Waals surface area (Å²) >= 11 is 0. The lowest BCUT2D eigenvalue weighted by atomic mass is 9.92. The summed E-state index contributed by atoms with van der Waals surface area (Å²) in [6.45, 7) is 0.470. The average molecular weight is 390 g/mol. The highest BCUT2D eigenvalue weighted by Crippen LogP contribution is 2.44. The first-order valence-corrected chi connectivity index (χ1v) is 9.47. The first-order chi connectivity index (χ1) is 14.1. The molecule has 5 rings (SSSR count). The van der Waals surface area contributed by atoms with Crippen LogP contribution in [0.1, 0.15) is 12.0 Å². The van der Waals surface area contributed by atoms with E-state index in [0.717, 1.165) is 16.5 Å². The van der Waals surface area contributed by atoms with E-state index >= 15 is 0 Å². The molecule has 0 bridgehead atoms. The maximum absolute atomic E-state index is 13.9. The molecule has 2 unspecified atom stereocenters. The molecule has 1 aromatic heterocycles. The molecule has 1 spiro atoms. The summed E-state index contributed by atoms with van der Waals surface area (Å²) in [5, 5.41) is 4.14. The molecule has 3 aromatic rings. The number of benzene rings is 2. The molecule has 3 heterocycles. The summed E-state index contributed by atoms with van der Waals surface area (Å²) in [6, 6.07) is 13.7. The third kappa shape index (κ3) is 2.96. The Morgan fingerprint density at radius 1 is 1.28 bits per heavy atom. The standard InChI is InChI=1S/C23H19FN2O3/c1-28-22(27)19-12-23(13-25-19)10-9-17-16-7-2-3-8-18(16)26-20(21(17)29-23)14-5-4-6-15(24)11-14/h2-11,19,25H,12-13H2,1H3. The van der Waals surface area contributed by atoms with Gasteiger partial charge in [0.05, 0.1) is 12.6 Å². The van der Waals surface area contributed by atoms with Crippen molar-refractivity contribution < 1.29 is 18.7 Å². The van der Waals surface area contributed by atoms with Gasteiger partial charge in [-0.05, 0) is 24.3 Å². The van der Waals surface area contributed by atoms with Crippen LogP contribution in [0.5, 0.6) is 5.75 Å². The van der Waals surface area contributed by atoms with Crippen molar-refractivity contribution in [2.45, 2.75) is 18.1 Å². The first kappa shape index (κ1) is 17.8. The summed E-state index contributed by atoms with van der Waals surface area (Å²) in [5.74, 6) is -0.0451. The van der Waals surface area contributed by atoms with E-state index in [4.69, 9.17) is 14.5 Å². The second-order valence-electron chi connectivity index (χ2n) is 7.39. The number of esters is 1. The summed E-state index contributed by atoms with van der Waals surface area (Å²) in [6.07, 6.45) is 4.46. The lowest BCUT2D eigenvalue weighted by Gasteiger charge is -2.32. The average Bonchev–Trinajstić information content (AvgIpc) is 3.15. The molecular weight excluding hydrogens is 371 g/mol. The lowest BCUT2D eigenvalue weighted by molar-refractivity contribution is -0.142. The van der Waals surface area contributed by atoms with Gasteiger partial charge in [0.2, 0.25) is 0 Å². The number of rotatable bonds is 2. The van der Waals surface area contributed by atoms with Gasteiger partial charge in [0.25, 0.3) is 0 Å². The molecule has 5 nitrogen and oxygen atoms in total. The number of methoxy groups -OCH3 is 1. The molecule has 2 aliphatic rings. The predicted molar refractivity (Wildman–Crippen MR) is 108 cm³/mol. The molecule has 2 aliphatic heterocycles. The van der Waals surface area contributed by atoms with Gasteiger partial charge in [-0.15, -0.1) is 0 Å². The summed E-state index contributed by atoms with van der Waals surface area (Å²) < 4.78 is 25.3. The second-order valence-corrected chi connectivity index (χ2v) is 7.39. The van der Waals surface area contributed by atoms with Gasteiger partial charge in [-0.1, -0.05) is 36.4 Å². The number of aromatic nitrogens is 1. The van der Waals surface area contributed by atoms with Crippen LogP contribution in [0.3, 0.4) is 0 Å². The van der Waals surface area contributed by atoms with Crippen molar-refractivity contribution in [2.75, 3.05) is 13.7 Å². The van der Waals surface area contributed by atoms with E-state index in [1.54, 1.807) is 6.07 Å². The highest BCUT2D eigenvalue weighted by atomic mass is 19.1. The van der Waals surface area contributed by atoms with Crippen molar-refractivity contribution in [1.29, 1.82) is 0 Å². The number of fused-ring (bicyclic) bond motifs is 3. The number of ether oxygens (including phenoxy) is 2. The molecule has 1 N–H and O–H groups in total. The molecule has 0 amide bonds. The predicted octanol–water partition coefficient (Wildman–Crippen LogP) is 3.72. The SMILES string of the molecule is COC(=O)C1CC2(C=Cc3c(c(-c4cccc(F)c4)nc4ccccc34)O2)CN1. The van der Waals surface area contributed by atoms with Crippen molar-refractivity contribution >= 4 is 22.9 Å². The molecule has 1 saturated heterocycles. The molecule has 2 atom stereocenters. The van der Waals surface area contributed by atoms with Crippen LogP contribution in [-0.2, 0) is 9.53 Å². The fourth-order valence-corrected chi connectivity index (χ4v) is 4.09. The van der Waals surface area contributed by atoms with E-state index in [-0.39, 0.29) is 11.8 Å². The highest BCUT2D eigenvalue weighted by Gasteiger charge is 2.45.